The second kappa shape index (κ2) is 7.94. The van der Waals surface area contributed by atoms with Gasteiger partial charge in [0.2, 0.25) is 5.91 Å². The number of methoxy groups -OCH3 is 1. The van der Waals surface area contributed by atoms with Gasteiger partial charge in [-0.1, -0.05) is 26.0 Å². The maximum atomic E-state index is 11.6. The molecule has 0 fully saturated rings. The van der Waals surface area contributed by atoms with Crippen molar-refractivity contribution in [3.05, 3.63) is 29.8 Å². The molecule has 0 aliphatic heterocycles. The molecule has 1 atom stereocenters. The molecular formula is C15H21NO3S. The van der Waals surface area contributed by atoms with Gasteiger partial charge in [-0.15, -0.1) is 11.8 Å². The summed E-state index contributed by atoms with van der Waals surface area (Å²) in [5.41, 5.74) is 1.28. The van der Waals surface area contributed by atoms with Gasteiger partial charge in [0.25, 0.3) is 0 Å². The molecule has 0 heterocycles. The number of benzene rings is 1. The van der Waals surface area contributed by atoms with Gasteiger partial charge in [-0.3, -0.25) is 4.79 Å². The van der Waals surface area contributed by atoms with E-state index in [2.05, 4.69) is 36.0 Å². The fourth-order valence-corrected chi connectivity index (χ4v) is 2.59. The SMILES string of the molecule is COC(=O)C(CSc1ccc(C(C)C)cc1)NC(C)=O. The molecule has 0 saturated carbocycles. The molecule has 0 aromatic heterocycles. The van der Waals surface area contributed by atoms with Crippen LogP contribution >= 0.6 is 11.8 Å². The average molecular weight is 295 g/mol. The van der Waals surface area contributed by atoms with Crippen LogP contribution in [0.3, 0.4) is 0 Å². The quantitative estimate of drug-likeness (QED) is 0.647. The predicted molar refractivity (Wildman–Crippen MR) is 80.9 cm³/mol. The molecule has 20 heavy (non-hydrogen) atoms. The Morgan fingerprint density at radius 2 is 1.85 bits per heavy atom. The third kappa shape index (κ3) is 5.25. The average Bonchev–Trinajstić information content (AvgIpc) is 2.42. The number of ether oxygens (including phenoxy) is 1. The number of thioether (sulfide) groups is 1. The van der Waals surface area contributed by atoms with Crippen LogP contribution in [0.4, 0.5) is 0 Å². The van der Waals surface area contributed by atoms with Crippen molar-refractivity contribution >= 4 is 23.6 Å². The van der Waals surface area contributed by atoms with E-state index in [-0.39, 0.29) is 5.91 Å². The molecule has 1 aromatic rings. The number of nitrogens with one attached hydrogen (secondary N) is 1. The topological polar surface area (TPSA) is 55.4 Å². The Bertz CT molecular complexity index is 457. The van der Waals surface area contributed by atoms with E-state index in [0.717, 1.165) is 4.90 Å². The van der Waals surface area contributed by atoms with Crippen molar-refractivity contribution in [2.24, 2.45) is 0 Å². The van der Waals surface area contributed by atoms with E-state index >= 15 is 0 Å². The second-order valence-electron chi connectivity index (χ2n) is 4.81. The number of hydrogen-bond donors (Lipinski definition) is 1. The summed E-state index contributed by atoms with van der Waals surface area (Å²) in [7, 11) is 1.32. The highest BCUT2D eigenvalue weighted by atomic mass is 32.2. The van der Waals surface area contributed by atoms with E-state index in [1.807, 2.05) is 12.1 Å². The third-order valence-electron chi connectivity index (χ3n) is 2.83. The summed E-state index contributed by atoms with van der Waals surface area (Å²) < 4.78 is 4.69. The molecule has 5 heteroatoms. The molecule has 0 aliphatic rings. The highest BCUT2D eigenvalue weighted by Gasteiger charge is 2.20. The van der Waals surface area contributed by atoms with Crippen LogP contribution in [0.2, 0.25) is 0 Å². The molecule has 1 aromatic carbocycles. The fraction of sp³-hybridized carbons (Fsp3) is 0.467. The molecule has 1 unspecified atom stereocenters. The van der Waals surface area contributed by atoms with Gasteiger partial charge in [0.05, 0.1) is 7.11 Å². The van der Waals surface area contributed by atoms with Crippen LogP contribution in [0.5, 0.6) is 0 Å². The summed E-state index contributed by atoms with van der Waals surface area (Å²) >= 11 is 1.52. The molecule has 0 aliphatic carbocycles. The monoisotopic (exact) mass is 295 g/mol. The second-order valence-corrected chi connectivity index (χ2v) is 5.90. The van der Waals surface area contributed by atoms with E-state index < -0.39 is 12.0 Å². The number of amides is 1. The van der Waals surface area contributed by atoms with Crippen LogP contribution in [-0.4, -0.2) is 30.8 Å². The van der Waals surface area contributed by atoms with E-state index in [4.69, 9.17) is 0 Å². The molecule has 0 saturated heterocycles. The van der Waals surface area contributed by atoms with Crippen molar-refractivity contribution in [3.63, 3.8) is 0 Å². The lowest BCUT2D eigenvalue weighted by Crippen LogP contribution is -2.42. The molecule has 1 N–H and O–H groups in total. The zero-order chi connectivity index (χ0) is 15.1. The highest BCUT2D eigenvalue weighted by molar-refractivity contribution is 7.99. The minimum absolute atomic E-state index is 0.240. The number of carbonyl (C=O) groups is 2. The van der Waals surface area contributed by atoms with Gasteiger partial charge in [0.1, 0.15) is 6.04 Å². The molecule has 1 rings (SSSR count). The fourth-order valence-electron chi connectivity index (χ4n) is 1.68. The first-order valence-corrected chi connectivity index (χ1v) is 7.50. The Balaban J connectivity index is 2.62. The normalized spacial score (nSPS) is 12.1. The maximum absolute atomic E-state index is 11.6. The van der Waals surface area contributed by atoms with Gasteiger partial charge in [-0.2, -0.15) is 0 Å². The third-order valence-corrected chi connectivity index (χ3v) is 3.93. The number of carbonyl (C=O) groups excluding carboxylic acids is 2. The van der Waals surface area contributed by atoms with Crippen LogP contribution < -0.4 is 5.32 Å². The highest BCUT2D eigenvalue weighted by Crippen LogP contribution is 2.22. The molecular weight excluding hydrogens is 274 g/mol. The maximum Gasteiger partial charge on any atom is 0.329 e. The van der Waals surface area contributed by atoms with E-state index in [1.165, 1.54) is 31.4 Å². The number of esters is 1. The Hall–Kier alpha value is -1.49. The Morgan fingerprint density at radius 1 is 1.25 bits per heavy atom. The Labute approximate surface area is 124 Å². The minimum atomic E-state index is -0.618. The molecule has 110 valence electrons. The van der Waals surface area contributed by atoms with Crippen LogP contribution in [0.1, 0.15) is 32.3 Å². The van der Waals surface area contributed by atoms with Crippen molar-refractivity contribution in [3.8, 4) is 0 Å². The molecule has 4 nitrogen and oxygen atoms in total. The number of hydrogen-bond acceptors (Lipinski definition) is 4. The van der Waals surface area contributed by atoms with Crippen LogP contribution in [0.25, 0.3) is 0 Å². The van der Waals surface area contributed by atoms with E-state index in [9.17, 15) is 9.59 Å². The van der Waals surface area contributed by atoms with E-state index in [1.54, 1.807) is 0 Å². The Kier molecular flexibility index (Phi) is 6.58. The van der Waals surface area contributed by atoms with Gasteiger partial charge in [0, 0.05) is 17.6 Å². The van der Waals surface area contributed by atoms with Crippen molar-refractivity contribution in [1.29, 1.82) is 0 Å². The lowest BCUT2D eigenvalue weighted by Gasteiger charge is -2.15. The summed E-state index contributed by atoms with van der Waals surface area (Å²) in [4.78, 5) is 23.7. The van der Waals surface area contributed by atoms with Crippen molar-refractivity contribution < 1.29 is 14.3 Å². The Morgan fingerprint density at radius 3 is 2.30 bits per heavy atom. The van der Waals surface area contributed by atoms with Gasteiger partial charge < -0.3 is 10.1 Å². The van der Waals surface area contributed by atoms with Crippen molar-refractivity contribution in [2.45, 2.75) is 37.6 Å². The summed E-state index contributed by atoms with van der Waals surface area (Å²) in [5, 5.41) is 2.60. The van der Waals surface area contributed by atoms with E-state index in [0.29, 0.717) is 11.7 Å². The van der Waals surface area contributed by atoms with Gasteiger partial charge in [-0.25, -0.2) is 4.79 Å². The number of rotatable bonds is 6. The summed E-state index contributed by atoms with van der Waals surface area (Å²) in [5.74, 6) is 0.284. The van der Waals surface area contributed by atoms with Crippen LogP contribution in [-0.2, 0) is 14.3 Å². The smallest absolute Gasteiger partial charge is 0.329 e. The van der Waals surface area contributed by atoms with Gasteiger partial charge >= 0.3 is 5.97 Å². The standard InChI is InChI=1S/C15H21NO3S/c1-10(2)12-5-7-13(8-6-12)20-9-14(15(18)19-4)16-11(3)17/h5-8,10,14H,9H2,1-4H3,(H,16,17). The van der Waals surface area contributed by atoms with Crippen molar-refractivity contribution in [1.82, 2.24) is 5.32 Å². The zero-order valence-corrected chi connectivity index (χ0v) is 13.1. The first-order chi connectivity index (χ1) is 9.43. The lowest BCUT2D eigenvalue weighted by molar-refractivity contribution is -0.144. The first-order valence-electron chi connectivity index (χ1n) is 6.51. The molecule has 0 bridgehead atoms. The largest absolute Gasteiger partial charge is 0.467 e. The first kappa shape index (κ1) is 16.6. The molecule has 0 spiro atoms. The molecule has 1 amide bonds. The minimum Gasteiger partial charge on any atom is -0.467 e. The lowest BCUT2D eigenvalue weighted by atomic mass is 10.0. The van der Waals surface area contributed by atoms with Gasteiger partial charge in [-0.05, 0) is 23.6 Å². The van der Waals surface area contributed by atoms with Crippen LogP contribution in [0, 0.1) is 0 Å². The molecule has 0 radical (unpaired) electrons. The summed E-state index contributed by atoms with van der Waals surface area (Å²) in [6.07, 6.45) is 0. The van der Waals surface area contributed by atoms with Gasteiger partial charge in [0.15, 0.2) is 0 Å². The zero-order valence-electron chi connectivity index (χ0n) is 12.3. The van der Waals surface area contributed by atoms with Crippen LogP contribution in [0.15, 0.2) is 29.2 Å². The predicted octanol–water partition coefficient (Wildman–Crippen LogP) is 2.58. The summed E-state index contributed by atoms with van der Waals surface area (Å²) in [6.45, 7) is 5.68. The van der Waals surface area contributed by atoms with Crippen molar-refractivity contribution in [2.75, 3.05) is 12.9 Å². The summed E-state index contributed by atoms with van der Waals surface area (Å²) in [6, 6.07) is 7.61.